The highest BCUT2D eigenvalue weighted by molar-refractivity contribution is 5.33. The Morgan fingerprint density at radius 3 is 2.75 bits per heavy atom. The van der Waals surface area contributed by atoms with Gasteiger partial charge in [0.2, 0.25) is 11.8 Å². The Bertz CT molecular complexity index is 609. The monoisotopic (exact) mass is 272 g/mol. The zero-order chi connectivity index (χ0) is 14.4. The van der Waals surface area contributed by atoms with E-state index in [-0.39, 0.29) is 5.82 Å². The lowest BCUT2D eigenvalue weighted by molar-refractivity contribution is 0.459. The molecule has 20 heavy (non-hydrogen) atoms. The summed E-state index contributed by atoms with van der Waals surface area (Å²) in [5.41, 5.74) is 0. The zero-order valence-electron chi connectivity index (χ0n) is 11.0. The van der Waals surface area contributed by atoms with Crippen LogP contribution in [0.5, 0.6) is 11.6 Å². The summed E-state index contributed by atoms with van der Waals surface area (Å²) in [7, 11) is 1.80. The second-order valence-electron chi connectivity index (χ2n) is 4.08. The third-order valence-corrected chi connectivity index (χ3v) is 2.55. The van der Waals surface area contributed by atoms with E-state index in [1.54, 1.807) is 24.2 Å². The largest absolute Gasteiger partial charge is 0.439 e. The van der Waals surface area contributed by atoms with E-state index in [1.807, 2.05) is 0 Å². The Kier molecular flexibility index (Phi) is 4.45. The van der Waals surface area contributed by atoms with E-state index < -0.39 is 0 Å². The van der Waals surface area contributed by atoms with Gasteiger partial charge in [-0.25, -0.2) is 9.37 Å². The van der Waals surface area contributed by atoms with Crippen molar-refractivity contribution in [3.05, 3.63) is 42.3 Å². The Hall–Kier alpha value is -2.68. The van der Waals surface area contributed by atoms with Gasteiger partial charge >= 0.3 is 0 Å². The molecule has 0 bridgehead atoms. The maximum Gasteiger partial charge on any atom is 0.228 e. The molecule has 6 heteroatoms. The fourth-order valence-corrected chi connectivity index (χ4v) is 1.51. The second kappa shape index (κ2) is 6.48. The fraction of sp³-hybridized carbons (Fsp3) is 0.214. The van der Waals surface area contributed by atoms with Crippen LogP contribution in [0.15, 0.2) is 36.5 Å². The summed E-state index contributed by atoms with van der Waals surface area (Å²) in [5, 5.41) is 8.56. The summed E-state index contributed by atoms with van der Waals surface area (Å²) < 4.78 is 18.3. The molecule has 2 rings (SSSR count). The molecule has 0 spiro atoms. The van der Waals surface area contributed by atoms with E-state index >= 15 is 0 Å². The number of aromatic nitrogens is 2. The first-order chi connectivity index (χ1) is 9.69. The normalized spacial score (nSPS) is 9.85. The van der Waals surface area contributed by atoms with Crippen molar-refractivity contribution in [2.24, 2.45) is 0 Å². The van der Waals surface area contributed by atoms with Crippen molar-refractivity contribution in [2.75, 3.05) is 18.5 Å². The van der Waals surface area contributed by atoms with E-state index in [0.717, 1.165) is 0 Å². The van der Waals surface area contributed by atoms with Gasteiger partial charge in [-0.05, 0) is 24.3 Å². The van der Waals surface area contributed by atoms with Crippen molar-refractivity contribution in [3.63, 3.8) is 0 Å². The van der Waals surface area contributed by atoms with E-state index in [0.29, 0.717) is 30.5 Å². The van der Waals surface area contributed by atoms with Crippen molar-refractivity contribution < 1.29 is 9.13 Å². The first-order valence-electron chi connectivity index (χ1n) is 6.03. The smallest absolute Gasteiger partial charge is 0.228 e. The summed E-state index contributed by atoms with van der Waals surface area (Å²) in [6.45, 7) is 0.538. The molecule has 0 unspecified atom stereocenters. The van der Waals surface area contributed by atoms with Crippen molar-refractivity contribution in [1.29, 1.82) is 5.26 Å². The molecule has 0 fully saturated rings. The molecule has 0 saturated heterocycles. The Balaban J connectivity index is 2.09. The number of ether oxygens (including phenoxy) is 1. The molecule has 1 heterocycles. The predicted octanol–water partition coefficient (Wildman–Crippen LogP) is 2.76. The van der Waals surface area contributed by atoms with Gasteiger partial charge in [0.15, 0.2) is 0 Å². The van der Waals surface area contributed by atoms with Crippen LogP contribution in [0.4, 0.5) is 10.3 Å². The lowest BCUT2D eigenvalue weighted by atomic mass is 10.3. The van der Waals surface area contributed by atoms with Crippen molar-refractivity contribution in [1.82, 2.24) is 9.97 Å². The van der Waals surface area contributed by atoms with Crippen molar-refractivity contribution in [2.45, 2.75) is 6.42 Å². The van der Waals surface area contributed by atoms with Gasteiger partial charge in [-0.1, -0.05) is 0 Å². The van der Waals surface area contributed by atoms with Crippen LogP contribution in [0.2, 0.25) is 0 Å². The number of benzene rings is 1. The number of nitrogens with zero attached hydrogens (tertiary/aromatic N) is 4. The van der Waals surface area contributed by atoms with Gasteiger partial charge in [0.1, 0.15) is 11.6 Å². The molecular formula is C14H13FN4O. The molecule has 0 aliphatic heterocycles. The lowest BCUT2D eigenvalue weighted by Gasteiger charge is -2.15. The third kappa shape index (κ3) is 3.65. The molecule has 0 radical (unpaired) electrons. The summed E-state index contributed by atoms with van der Waals surface area (Å²) in [5.74, 6) is 1.01. The highest BCUT2D eigenvalue weighted by Crippen LogP contribution is 2.20. The Labute approximate surface area is 116 Å². The van der Waals surface area contributed by atoms with Crippen LogP contribution in [0.3, 0.4) is 0 Å². The van der Waals surface area contributed by atoms with E-state index in [2.05, 4.69) is 16.0 Å². The number of hydrogen-bond acceptors (Lipinski definition) is 5. The number of anilines is 1. The summed E-state index contributed by atoms with van der Waals surface area (Å²) >= 11 is 0. The molecule has 2 aromatic rings. The third-order valence-electron chi connectivity index (χ3n) is 2.55. The van der Waals surface area contributed by atoms with Crippen molar-refractivity contribution in [3.8, 4) is 17.7 Å². The van der Waals surface area contributed by atoms with Crippen molar-refractivity contribution >= 4 is 5.95 Å². The SMILES string of the molecule is CN(CCC#N)c1nccc(Oc2ccc(F)cc2)n1. The average Bonchev–Trinajstić information content (AvgIpc) is 2.47. The molecule has 0 N–H and O–H groups in total. The molecule has 0 atom stereocenters. The van der Waals surface area contributed by atoms with E-state index in [1.165, 1.54) is 24.3 Å². The van der Waals surface area contributed by atoms with Crippen LogP contribution < -0.4 is 9.64 Å². The number of rotatable bonds is 5. The maximum absolute atomic E-state index is 12.8. The Morgan fingerprint density at radius 2 is 2.05 bits per heavy atom. The molecule has 0 amide bonds. The van der Waals surface area contributed by atoms with Gasteiger partial charge in [0.25, 0.3) is 0 Å². The standard InChI is InChI=1S/C14H13FN4O/c1-19(10-2-8-16)14-17-9-7-13(18-14)20-12-5-3-11(15)4-6-12/h3-7,9H,2,10H2,1H3. The van der Waals surface area contributed by atoms with Gasteiger partial charge in [-0.3, -0.25) is 0 Å². The molecule has 0 aliphatic rings. The van der Waals surface area contributed by atoms with Crippen LogP contribution in [0.1, 0.15) is 6.42 Å². The molecular weight excluding hydrogens is 259 g/mol. The minimum atomic E-state index is -0.322. The van der Waals surface area contributed by atoms with Crippen LogP contribution in [0.25, 0.3) is 0 Å². The lowest BCUT2D eigenvalue weighted by Crippen LogP contribution is -2.20. The molecule has 0 aliphatic carbocycles. The van der Waals surface area contributed by atoms with Gasteiger partial charge in [0, 0.05) is 25.9 Å². The topological polar surface area (TPSA) is 62.0 Å². The summed E-state index contributed by atoms with van der Waals surface area (Å²) in [4.78, 5) is 10.1. The van der Waals surface area contributed by atoms with Crippen LogP contribution >= 0.6 is 0 Å². The molecule has 5 nitrogen and oxygen atoms in total. The van der Waals surface area contributed by atoms with Gasteiger partial charge < -0.3 is 9.64 Å². The van der Waals surface area contributed by atoms with Crippen LogP contribution in [-0.4, -0.2) is 23.6 Å². The maximum atomic E-state index is 12.8. The van der Waals surface area contributed by atoms with Gasteiger partial charge in [-0.2, -0.15) is 10.2 Å². The fourth-order valence-electron chi connectivity index (χ4n) is 1.51. The number of hydrogen-bond donors (Lipinski definition) is 0. The van der Waals surface area contributed by atoms with Gasteiger partial charge in [0.05, 0.1) is 12.5 Å². The minimum absolute atomic E-state index is 0.322. The molecule has 1 aromatic carbocycles. The number of halogens is 1. The molecule has 0 saturated carbocycles. The summed E-state index contributed by atoms with van der Waals surface area (Å²) in [6.07, 6.45) is 1.97. The molecule has 102 valence electrons. The van der Waals surface area contributed by atoms with Crippen LogP contribution in [0, 0.1) is 17.1 Å². The first-order valence-corrected chi connectivity index (χ1v) is 6.03. The average molecular weight is 272 g/mol. The first kappa shape index (κ1) is 13.7. The predicted molar refractivity (Wildman–Crippen MR) is 72.0 cm³/mol. The van der Waals surface area contributed by atoms with Gasteiger partial charge in [-0.15, -0.1) is 0 Å². The summed E-state index contributed by atoms with van der Waals surface area (Å²) in [6, 6.07) is 9.36. The van der Waals surface area contributed by atoms with E-state index in [4.69, 9.17) is 10.00 Å². The second-order valence-corrected chi connectivity index (χ2v) is 4.08. The Morgan fingerprint density at radius 1 is 1.30 bits per heavy atom. The number of nitriles is 1. The quantitative estimate of drug-likeness (QED) is 0.837. The zero-order valence-corrected chi connectivity index (χ0v) is 11.0. The highest BCUT2D eigenvalue weighted by atomic mass is 19.1. The highest BCUT2D eigenvalue weighted by Gasteiger charge is 2.06. The minimum Gasteiger partial charge on any atom is -0.439 e. The van der Waals surface area contributed by atoms with E-state index in [9.17, 15) is 4.39 Å². The molecule has 1 aromatic heterocycles. The van der Waals surface area contributed by atoms with Crippen LogP contribution in [-0.2, 0) is 0 Å².